The Kier molecular flexibility index (Phi) is 2.69. The average molecular weight is 267 g/mol. The van der Waals surface area contributed by atoms with Crippen molar-refractivity contribution in [3.8, 4) is 0 Å². The minimum atomic E-state index is -1.58. The smallest absolute Gasteiger partial charge is 0.268 e. The Morgan fingerprint density at radius 1 is 1.00 bits per heavy atom. The number of benzene rings is 2. The van der Waals surface area contributed by atoms with Crippen molar-refractivity contribution in [2.24, 2.45) is 0 Å². The van der Waals surface area contributed by atoms with Crippen LogP contribution in [0, 0.1) is 13.8 Å². The quantitative estimate of drug-likeness (QED) is 0.862. The minimum Gasteiger partial charge on any atom is -0.372 e. The van der Waals surface area contributed by atoms with Crippen molar-refractivity contribution in [1.82, 2.24) is 0 Å². The number of carbonyl (C=O) groups excluding carboxylic acids is 1. The van der Waals surface area contributed by atoms with Crippen LogP contribution < -0.4 is 4.90 Å². The predicted octanol–water partition coefficient (Wildman–Crippen LogP) is 2.52. The molecule has 0 unspecified atom stereocenters. The van der Waals surface area contributed by atoms with Crippen LogP contribution in [0.25, 0.3) is 0 Å². The van der Waals surface area contributed by atoms with Gasteiger partial charge in [0.05, 0.1) is 5.69 Å². The molecule has 2 aromatic carbocycles. The number of rotatable bonds is 1. The third kappa shape index (κ3) is 1.60. The summed E-state index contributed by atoms with van der Waals surface area (Å²) in [5.41, 5.74) is 2.59. The number of aliphatic hydroxyl groups is 1. The monoisotopic (exact) mass is 267 g/mol. The molecule has 0 saturated carbocycles. The zero-order valence-electron chi connectivity index (χ0n) is 11.8. The number of hydrogen-bond donors (Lipinski definition) is 1. The summed E-state index contributed by atoms with van der Waals surface area (Å²) in [6, 6.07) is 13.2. The first kappa shape index (κ1) is 12.9. The highest BCUT2D eigenvalue weighted by Crippen LogP contribution is 2.44. The first-order chi connectivity index (χ1) is 9.44. The van der Waals surface area contributed by atoms with E-state index in [9.17, 15) is 9.90 Å². The summed E-state index contributed by atoms with van der Waals surface area (Å²) in [5, 5.41) is 11.1. The van der Waals surface area contributed by atoms with E-state index in [1.54, 1.807) is 7.05 Å². The third-order valence-corrected chi connectivity index (χ3v) is 3.99. The Labute approximate surface area is 118 Å². The molecule has 20 heavy (non-hydrogen) atoms. The van der Waals surface area contributed by atoms with Gasteiger partial charge in [0.25, 0.3) is 5.91 Å². The van der Waals surface area contributed by atoms with Crippen LogP contribution in [0.4, 0.5) is 5.69 Å². The number of amides is 1. The van der Waals surface area contributed by atoms with Crippen molar-refractivity contribution in [1.29, 1.82) is 0 Å². The summed E-state index contributed by atoms with van der Waals surface area (Å²) in [6.07, 6.45) is 0. The normalized spacial score (nSPS) is 21.2. The Morgan fingerprint density at radius 3 is 2.25 bits per heavy atom. The van der Waals surface area contributed by atoms with Crippen molar-refractivity contribution in [2.75, 3.05) is 11.9 Å². The van der Waals surface area contributed by atoms with E-state index in [1.807, 2.05) is 56.3 Å². The van der Waals surface area contributed by atoms with E-state index in [-0.39, 0.29) is 5.91 Å². The fraction of sp³-hybridized carbons (Fsp3) is 0.235. The van der Waals surface area contributed by atoms with Crippen molar-refractivity contribution in [2.45, 2.75) is 19.4 Å². The molecule has 1 atom stereocenters. The highest BCUT2D eigenvalue weighted by molar-refractivity contribution is 6.08. The number of anilines is 1. The van der Waals surface area contributed by atoms with Gasteiger partial charge in [-0.2, -0.15) is 0 Å². The first-order valence-electron chi connectivity index (χ1n) is 6.63. The number of hydrogen-bond acceptors (Lipinski definition) is 2. The van der Waals surface area contributed by atoms with E-state index in [1.165, 1.54) is 4.90 Å². The fourth-order valence-electron chi connectivity index (χ4n) is 2.77. The lowest BCUT2D eigenvalue weighted by molar-refractivity contribution is -0.131. The van der Waals surface area contributed by atoms with E-state index in [0.717, 1.165) is 16.8 Å². The highest BCUT2D eigenvalue weighted by Gasteiger charge is 2.49. The molecular formula is C17H17NO2. The van der Waals surface area contributed by atoms with E-state index >= 15 is 0 Å². The van der Waals surface area contributed by atoms with Crippen molar-refractivity contribution >= 4 is 11.6 Å². The number of carbonyl (C=O) groups is 1. The summed E-state index contributed by atoms with van der Waals surface area (Å²) in [4.78, 5) is 14.1. The maximum Gasteiger partial charge on any atom is 0.268 e. The summed E-state index contributed by atoms with van der Waals surface area (Å²) >= 11 is 0. The largest absolute Gasteiger partial charge is 0.372 e. The van der Waals surface area contributed by atoms with Gasteiger partial charge in [0.2, 0.25) is 0 Å². The van der Waals surface area contributed by atoms with Gasteiger partial charge in [-0.25, -0.2) is 0 Å². The van der Waals surface area contributed by atoms with E-state index in [2.05, 4.69) is 0 Å². The number of fused-ring (bicyclic) bond motifs is 1. The lowest BCUT2D eigenvalue weighted by Crippen LogP contribution is -2.39. The second-order valence-electron chi connectivity index (χ2n) is 5.46. The summed E-state index contributed by atoms with van der Waals surface area (Å²) in [6.45, 7) is 3.94. The molecule has 1 N–H and O–H groups in total. The summed E-state index contributed by atoms with van der Waals surface area (Å²) < 4.78 is 0. The second kappa shape index (κ2) is 4.18. The van der Waals surface area contributed by atoms with E-state index in [4.69, 9.17) is 0 Å². The standard InChI is InChI=1S/C17H17NO2/c1-11-4-7-13(8-5-11)17(20)14-10-12(2)6-9-15(14)18(3)16(17)19/h4-10,20H,1-3H3/t17-/m0/s1. The molecule has 0 spiro atoms. The van der Waals surface area contributed by atoms with Gasteiger partial charge >= 0.3 is 0 Å². The van der Waals surface area contributed by atoms with Gasteiger partial charge in [-0.05, 0) is 25.5 Å². The Hall–Kier alpha value is -2.13. The molecule has 0 bridgehead atoms. The van der Waals surface area contributed by atoms with Crippen LogP contribution >= 0.6 is 0 Å². The van der Waals surface area contributed by atoms with Crippen LogP contribution in [0.1, 0.15) is 22.3 Å². The van der Waals surface area contributed by atoms with Gasteiger partial charge in [0.1, 0.15) is 0 Å². The topological polar surface area (TPSA) is 40.5 Å². The third-order valence-electron chi connectivity index (χ3n) is 3.99. The van der Waals surface area contributed by atoms with Crippen LogP contribution in [0.5, 0.6) is 0 Å². The van der Waals surface area contributed by atoms with Crippen molar-refractivity contribution in [3.63, 3.8) is 0 Å². The highest BCUT2D eigenvalue weighted by atomic mass is 16.3. The molecule has 1 aliphatic heterocycles. The molecule has 0 saturated heterocycles. The van der Waals surface area contributed by atoms with Crippen molar-refractivity contribution < 1.29 is 9.90 Å². The van der Waals surface area contributed by atoms with Crippen LogP contribution in [0.15, 0.2) is 42.5 Å². The number of aryl methyl sites for hydroxylation is 2. The van der Waals surface area contributed by atoms with Gasteiger partial charge in [-0.1, -0.05) is 47.5 Å². The molecule has 0 radical (unpaired) electrons. The van der Waals surface area contributed by atoms with Crippen LogP contribution in [-0.2, 0) is 10.4 Å². The number of nitrogens with zero attached hydrogens (tertiary/aromatic N) is 1. The van der Waals surface area contributed by atoms with E-state index in [0.29, 0.717) is 11.1 Å². The molecule has 3 heteroatoms. The van der Waals surface area contributed by atoms with E-state index < -0.39 is 5.60 Å². The van der Waals surface area contributed by atoms with Gasteiger partial charge in [0, 0.05) is 12.6 Å². The summed E-state index contributed by atoms with van der Waals surface area (Å²) in [7, 11) is 1.70. The zero-order chi connectivity index (χ0) is 14.5. The van der Waals surface area contributed by atoms with Gasteiger partial charge in [-0.3, -0.25) is 4.79 Å². The molecule has 1 heterocycles. The SMILES string of the molecule is Cc1ccc([C@@]2(O)C(=O)N(C)c3ccc(C)cc32)cc1. The lowest BCUT2D eigenvalue weighted by Gasteiger charge is -2.22. The van der Waals surface area contributed by atoms with Gasteiger partial charge < -0.3 is 10.0 Å². The first-order valence-corrected chi connectivity index (χ1v) is 6.63. The summed E-state index contributed by atoms with van der Waals surface area (Å²) in [5.74, 6) is -0.304. The number of likely N-dealkylation sites (N-methyl/N-ethyl adjacent to an activating group) is 1. The molecule has 2 aromatic rings. The molecule has 1 amide bonds. The molecule has 3 nitrogen and oxygen atoms in total. The Morgan fingerprint density at radius 2 is 1.60 bits per heavy atom. The Bertz CT molecular complexity index is 691. The molecule has 0 fully saturated rings. The van der Waals surface area contributed by atoms with Gasteiger partial charge in [0.15, 0.2) is 5.60 Å². The Balaban J connectivity index is 2.25. The molecule has 102 valence electrons. The maximum absolute atomic E-state index is 12.6. The van der Waals surface area contributed by atoms with Gasteiger partial charge in [-0.15, -0.1) is 0 Å². The second-order valence-corrected chi connectivity index (χ2v) is 5.46. The molecular weight excluding hydrogens is 250 g/mol. The van der Waals surface area contributed by atoms with Crippen LogP contribution in [0.3, 0.4) is 0 Å². The zero-order valence-corrected chi connectivity index (χ0v) is 11.8. The lowest BCUT2D eigenvalue weighted by atomic mass is 9.86. The molecule has 0 aromatic heterocycles. The predicted molar refractivity (Wildman–Crippen MR) is 78.8 cm³/mol. The van der Waals surface area contributed by atoms with Crippen molar-refractivity contribution in [3.05, 3.63) is 64.7 Å². The fourth-order valence-corrected chi connectivity index (χ4v) is 2.77. The molecule has 1 aliphatic rings. The molecule has 0 aliphatic carbocycles. The minimum absolute atomic E-state index is 0.304. The maximum atomic E-state index is 12.6. The van der Waals surface area contributed by atoms with Crippen LogP contribution in [-0.4, -0.2) is 18.1 Å². The van der Waals surface area contributed by atoms with Crippen LogP contribution in [0.2, 0.25) is 0 Å². The molecule has 3 rings (SSSR count). The average Bonchev–Trinajstić information content (AvgIpc) is 2.62.